The highest BCUT2D eigenvalue weighted by Crippen LogP contribution is 2.26. The number of amides is 1. The quantitative estimate of drug-likeness (QED) is 0.679. The SMILES string of the molecule is CS(=O)(=O)N(CC(=O)NCCCN1CCCCCC1)c1ccccc1Cl. The number of rotatable bonds is 8. The van der Waals surface area contributed by atoms with E-state index >= 15 is 0 Å². The molecule has 1 aromatic rings. The van der Waals surface area contributed by atoms with Gasteiger partial charge in [0.15, 0.2) is 0 Å². The third kappa shape index (κ3) is 6.78. The molecule has 1 heterocycles. The Labute approximate surface area is 161 Å². The van der Waals surface area contributed by atoms with Gasteiger partial charge in [-0.05, 0) is 51.0 Å². The lowest BCUT2D eigenvalue weighted by Gasteiger charge is -2.23. The summed E-state index contributed by atoms with van der Waals surface area (Å²) in [5.74, 6) is -0.328. The minimum atomic E-state index is -3.61. The summed E-state index contributed by atoms with van der Waals surface area (Å²) in [7, 11) is -3.61. The minimum absolute atomic E-state index is 0.272. The molecule has 2 rings (SSSR count). The van der Waals surface area contributed by atoms with Crippen molar-refractivity contribution in [2.75, 3.05) is 43.3 Å². The van der Waals surface area contributed by atoms with Crippen LogP contribution in [0.25, 0.3) is 0 Å². The minimum Gasteiger partial charge on any atom is -0.354 e. The van der Waals surface area contributed by atoms with Crippen LogP contribution in [0.3, 0.4) is 0 Å². The standard InChI is InChI=1S/C18H28ClN3O3S/c1-26(24,25)22(17-10-5-4-9-16(17)19)15-18(23)20-11-8-14-21-12-6-2-3-7-13-21/h4-5,9-10H,2-3,6-8,11-15H2,1H3,(H,20,23). The Balaban J connectivity index is 1.83. The lowest BCUT2D eigenvalue weighted by molar-refractivity contribution is -0.119. The van der Waals surface area contributed by atoms with Gasteiger partial charge in [0.25, 0.3) is 0 Å². The summed E-state index contributed by atoms with van der Waals surface area (Å²) in [5, 5.41) is 3.11. The molecule has 1 fully saturated rings. The van der Waals surface area contributed by atoms with Crippen LogP contribution in [0, 0.1) is 0 Å². The van der Waals surface area contributed by atoms with E-state index in [1.165, 1.54) is 25.7 Å². The summed E-state index contributed by atoms with van der Waals surface area (Å²) < 4.78 is 25.2. The fourth-order valence-electron chi connectivity index (χ4n) is 3.11. The second-order valence-electron chi connectivity index (χ2n) is 6.68. The molecule has 8 heteroatoms. The third-order valence-electron chi connectivity index (χ3n) is 4.48. The number of nitrogens with zero attached hydrogens (tertiary/aromatic N) is 2. The number of sulfonamides is 1. The lowest BCUT2D eigenvalue weighted by atomic mass is 10.2. The van der Waals surface area contributed by atoms with Crippen LogP contribution in [0.4, 0.5) is 5.69 Å². The first-order chi connectivity index (χ1) is 12.4. The first-order valence-corrected chi connectivity index (χ1v) is 11.3. The third-order valence-corrected chi connectivity index (χ3v) is 5.93. The molecule has 0 spiro atoms. The number of para-hydroxylation sites is 1. The molecule has 1 aliphatic heterocycles. The van der Waals surface area contributed by atoms with E-state index in [0.717, 1.165) is 36.6 Å². The molecule has 0 aliphatic carbocycles. The van der Waals surface area contributed by atoms with Crippen LogP contribution in [0.2, 0.25) is 5.02 Å². The number of nitrogens with one attached hydrogen (secondary N) is 1. The number of halogens is 1. The fourth-order valence-corrected chi connectivity index (χ4v) is 4.27. The number of carbonyl (C=O) groups excluding carboxylic acids is 1. The number of benzene rings is 1. The van der Waals surface area contributed by atoms with Gasteiger partial charge in [-0.3, -0.25) is 9.10 Å². The second kappa shape index (κ2) is 10.1. The predicted molar refractivity (Wildman–Crippen MR) is 106 cm³/mol. The van der Waals surface area contributed by atoms with Crippen molar-refractivity contribution in [2.45, 2.75) is 32.1 Å². The molecule has 1 saturated heterocycles. The Hall–Kier alpha value is -1.31. The maximum atomic E-state index is 12.2. The first-order valence-electron chi connectivity index (χ1n) is 9.09. The maximum Gasteiger partial charge on any atom is 0.240 e. The lowest BCUT2D eigenvalue weighted by Crippen LogP contribution is -2.41. The maximum absolute atomic E-state index is 12.2. The topological polar surface area (TPSA) is 69.7 Å². The number of likely N-dealkylation sites (tertiary alicyclic amines) is 1. The van der Waals surface area contributed by atoms with Crippen LogP contribution in [-0.2, 0) is 14.8 Å². The van der Waals surface area contributed by atoms with Crippen molar-refractivity contribution in [1.82, 2.24) is 10.2 Å². The molecule has 1 aliphatic rings. The van der Waals surface area contributed by atoms with Gasteiger partial charge in [-0.15, -0.1) is 0 Å². The molecule has 0 unspecified atom stereocenters. The van der Waals surface area contributed by atoms with Gasteiger partial charge in [0, 0.05) is 6.54 Å². The Morgan fingerprint density at radius 1 is 1.19 bits per heavy atom. The summed E-state index contributed by atoms with van der Waals surface area (Å²) in [5.41, 5.74) is 0.316. The van der Waals surface area contributed by atoms with E-state index < -0.39 is 10.0 Å². The summed E-state index contributed by atoms with van der Waals surface area (Å²) in [6.07, 6.45) is 7.02. The first kappa shape index (κ1) is 21.0. The van der Waals surface area contributed by atoms with Crippen molar-refractivity contribution < 1.29 is 13.2 Å². The van der Waals surface area contributed by atoms with Crippen LogP contribution in [0.1, 0.15) is 32.1 Å². The molecule has 6 nitrogen and oxygen atoms in total. The molecule has 1 aromatic carbocycles. The van der Waals surface area contributed by atoms with Gasteiger partial charge in [-0.1, -0.05) is 36.6 Å². The molecule has 0 saturated carbocycles. The van der Waals surface area contributed by atoms with Crippen molar-refractivity contribution in [2.24, 2.45) is 0 Å². The van der Waals surface area contributed by atoms with Crippen LogP contribution in [-0.4, -0.2) is 58.2 Å². The van der Waals surface area contributed by atoms with Gasteiger partial charge in [0.1, 0.15) is 6.54 Å². The van der Waals surface area contributed by atoms with Crippen molar-refractivity contribution in [3.63, 3.8) is 0 Å². The summed E-state index contributed by atoms with van der Waals surface area (Å²) in [6, 6.07) is 6.61. The second-order valence-corrected chi connectivity index (χ2v) is 8.99. The molecule has 0 bridgehead atoms. The van der Waals surface area contributed by atoms with Gasteiger partial charge < -0.3 is 10.2 Å². The van der Waals surface area contributed by atoms with Crippen LogP contribution < -0.4 is 9.62 Å². The van der Waals surface area contributed by atoms with Crippen molar-refractivity contribution in [1.29, 1.82) is 0 Å². The highest BCUT2D eigenvalue weighted by atomic mass is 35.5. The fraction of sp³-hybridized carbons (Fsp3) is 0.611. The Bertz CT molecular complexity index is 689. The molecule has 0 atom stereocenters. The number of carbonyl (C=O) groups is 1. The Morgan fingerprint density at radius 2 is 1.85 bits per heavy atom. The summed E-state index contributed by atoms with van der Waals surface area (Å²) >= 11 is 6.09. The van der Waals surface area contributed by atoms with E-state index in [9.17, 15) is 13.2 Å². The normalized spacial score (nSPS) is 16.1. The molecule has 1 N–H and O–H groups in total. The molecule has 26 heavy (non-hydrogen) atoms. The summed E-state index contributed by atoms with van der Waals surface area (Å²) in [4.78, 5) is 14.7. The molecule has 1 amide bonds. The Morgan fingerprint density at radius 3 is 2.46 bits per heavy atom. The van der Waals surface area contributed by atoms with Crippen LogP contribution >= 0.6 is 11.6 Å². The average Bonchev–Trinajstić information content (AvgIpc) is 2.85. The van der Waals surface area contributed by atoms with Gasteiger partial charge in [-0.2, -0.15) is 0 Å². The zero-order valence-electron chi connectivity index (χ0n) is 15.3. The summed E-state index contributed by atoms with van der Waals surface area (Å²) in [6.45, 7) is 3.48. The average molecular weight is 402 g/mol. The highest BCUT2D eigenvalue weighted by molar-refractivity contribution is 7.92. The van der Waals surface area contributed by atoms with Gasteiger partial charge in [0.05, 0.1) is 17.0 Å². The monoisotopic (exact) mass is 401 g/mol. The Kier molecular flexibility index (Phi) is 8.18. The van der Waals surface area contributed by atoms with Crippen LogP contribution in [0.5, 0.6) is 0 Å². The highest BCUT2D eigenvalue weighted by Gasteiger charge is 2.22. The van der Waals surface area contributed by atoms with Crippen molar-refractivity contribution >= 4 is 33.2 Å². The van der Waals surface area contributed by atoms with E-state index in [-0.39, 0.29) is 12.5 Å². The molecule has 0 aromatic heterocycles. The van der Waals surface area contributed by atoms with E-state index in [0.29, 0.717) is 17.3 Å². The molecular weight excluding hydrogens is 374 g/mol. The molecular formula is C18H28ClN3O3S. The molecule has 146 valence electrons. The van der Waals surface area contributed by atoms with Gasteiger partial charge >= 0.3 is 0 Å². The van der Waals surface area contributed by atoms with Gasteiger partial charge in [-0.25, -0.2) is 8.42 Å². The predicted octanol–water partition coefficient (Wildman–Crippen LogP) is 2.49. The van der Waals surface area contributed by atoms with Gasteiger partial charge in [0.2, 0.25) is 15.9 Å². The van der Waals surface area contributed by atoms with Crippen LogP contribution in [0.15, 0.2) is 24.3 Å². The van der Waals surface area contributed by atoms with E-state index in [2.05, 4.69) is 10.2 Å². The van der Waals surface area contributed by atoms with E-state index in [4.69, 9.17) is 11.6 Å². The number of anilines is 1. The smallest absolute Gasteiger partial charge is 0.240 e. The number of hydrogen-bond donors (Lipinski definition) is 1. The van der Waals surface area contributed by atoms with Crippen molar-refractivity contribution in [3.05, 3.63) is 29.3 Å². The van der Waals surface area contributed by atoms with Crippen molar-refractivity contribution in [3.8, 4) is 0 Å². The zero-order valence-corrected chi connectivity index (χ0v) is 16.9. The van der Waals surface area contributed by atoms with E-state index in [1.54, 1.807) is 24.3 Å². The zero-order chi connectivity index (χ0) is 19.0. The largest absolute Gasteiger partial charge is 0.354 e. The van der Waals surface area contributed by atoms with E-state index in [1.807, 2.05) is 0 Å². The molecule has 0 radical (unpaired) electrons. The number of hydrogen-bond acceptors (Lipinski definition) is 4.